The SMILES string of the molecule is Cc1snc(SCc2ccc(Cl)cc2)c1C(N)=O. The molecule has 0 atom stereocenters. The van der Waals surface area contributed by atoms with Gasteiger partial charge < -0.3 is 5.73 Å². The number of aryl methyl sites for hydroxylation is 1. The van der Waals surface area contributed by atoms with Gasteiger partial charge in [0.05, 0.1) is 5.56 Å². The third kappa shape index (κ3) is 3.04. The molecular formula is C12H11ClN2OS2. The minimum absolute atomic E-state index is 0.417. The Hall–Kier alpha value is -1.04. The average Bonchev–Trinajstić information content (AvgIpc) is 2.70. The van der Waals surface area contributed by atoms with Crippen molar-refractivity contribution >= 4 is 40.8 Å². The molecule has 1 heterocycles. The zero-order valence-corrected chi connectivity index (χ0v) is 12.0. The highest BCUT2D eigenvalue weighted by Crippen LogP contribution is 2.29. The van der Waals surface area contributed by atoms with Gasteiger partial charge in [0.15, 0.2) is 0 Å². The van der Waals surface area contributed by atoms with Crippen LogP contribution in [0.25, 0.3) is 0 Å². The summed E-state index contributed by atoms with van der Waals surface area (Å²) in [4.78, 5) is 12.2. The zero-order chi connectivity index (χ0) is 13.1. The van der Waals surface area contributed by atoms with E-state index in [1.54, 1.807) is 0 Å². The number of thioether (sulfide) groups is 1. The van der Waals surface area contributed by atoms with E-state index in [0.717, 1.165) is 16.2 Å². The van der Waals surface area contributed by atoms with E-state index in [1.807, 2.05) is 31.2 Å². The Bertz CT molecular complexity index is 566. The first-order valence-electron chi connectivity index (χ1n) is 5.21. The summed E-state index contributed by atoms with van der Waals surface area (Å²) in [5.41, 5.74) is 7.02. The molecule has 6 heteroatoms. The summed E-state index contributed by atoms with van der Waals surface area (Å²) >= 11 is 8.64. The zero-order valence-electron chi connectivity index (χ0n) is 9.64. The van der Waals surface area contributed by atoms with Gasteiger partial charge in [0, 0.05) is 15.7 Å². The monoisotopic (exact) mass is 298 g/mol. The van der Waals surface area contributed by atoms with Crippen molar-refractivity contribution in [3.8, 4) is 0 Å². The van der Waals surface area contributed by atoms with Crippen LogP contribution in [-0.2, 0) is 5.75 Å². The van der Waals surface area contributed by atoms with Gasteiger partial charge in [-0.25, -0.2) is 0 Å². The molecule has 2 N–H and O–H groups in total. The van der Waals surface area contributed by atoms with Gasteiger partial charge in [-0.2, -0.15) is 4.37 Å². The van der Waals surface area contributed by atoms with Gasteiger partial charge in [-0.3, -0.25) is 4.79 Å². The van der Waals surface area contributed by atoms with E-state index < -0.39 is 5.91 Å². The number of primary amides is 1. The van der Waals surface area contributed by atoms with Gasteiger partial charge in [-0.1, -0.05) is 35.5 Å². The number of nitrogens with two attached hydrogens (primary N) is 1. The fraction of sp³-hybridized carbons (Fsp3) is 0.167. The fourth-order valence-corrected chi connectivity index (χ4v) is 3.47. The van der Waals surface area contributed by atoms with E-state index in [-0.39, 0.29) is 0 Å². The molecule has 1 aromatic heterocycles. The van der Waals surface area contributed by atoms with Gasteiger partial charge in [-0.15, -0.1) is 0 Å². The Labute approximate surface area is 119 Å². The lowest BCUT2D eigenvalue weighted by molar-refractivity contribution is 0.0997. The molecule has 2 rings (SSSR count). The maximum Gasteiger partial charge on any atom is 0.252 e. The van der Waals surface area contributed by atoms with Gasteiger partial charge in [-0.05, 0) is 36.2 Å². The van der Waals surface area contributed by atoms with Crippen molar-refractivity contribution in [2.45, 2.75) is 17.7 Å². The van der Waals surface area contributed by atoms with Crippen LogP contribution in [0.5, 0.6) is 0 Å². The number of aromatic nitrogens is 1. The van der Waals surface area contributed by atoms with Crippen molar-refractivity contribution in [3.05, 3.63) is 45.3 Å². The molecule has 0 spiro atoms. The van der Waals surface area contributed by atoms with E-state index >= 15 is 0 Å². The molecule has 2 aromatic rings. The number of carbonyl (C=O) groups is 1. The summed E-state index contributed by atoms with van der Waals surface area (Å²) in [6.45, 7) is 1.85. The maximum atomic E-state index is 11.3. The fourth-order valence-electron chi connectivity index (χ4n) is 1.46. The van der Waals surface area contributed by atoms with Crippen LogP contribution in [0.15, 0.2) is 29.3 Å². The standard InChI is InChI=1S/C12H11ClN2OS2/c1-7-10(11(14)16)12(15-18-7)17-6-8-2-4-9(13)5-3-8/h2-5H,6H2,1H3,(H2,14,16). The van der Waals surface area contributed by atoms with Crippen molar-refractivity contribution in [2.75, 3.05) is 0 Å². The highest BCUT2D eigenvalue weighted by molar-refractivity contribution is 7.98. The smallest absolute Gasteiger partial charge is 0.252 e. The summed E-state index contributed by atoms with van der Waals surface area (Å²) in [6, 6.07) is 7.61. The molecule has 0 radical (unpaired) electrons. The number of hydrogen-bond acceptors (Lipinski definition) is 4. The Kier molecular flexibility index (Phi) is 4.27. The molecule has 0 aliphatic rings. The molecule has 0 aliphatic heterocycles. The largest absolute Gasteiger partial charge is 0.365 e. The highest BCUT2D eigenvalue weighted by Gasteiger charge is 2.16. The number of amides is 1. The van der Waals surface area contributed by atoms with Crippen molar-refractivity contribution in [3.63, 3.8) is 0 Å². The predicted octanol–water partition coefficient (Wildman–Crippen LogP) is 3.50. The van der Waals surface area contributed by atoms with Crippen LogP contribution in [-0.4, -0.2) is 10.3 Å². The molecule has 0 saturated carbocycles. The second-order valence-corrected chi connectivity index (χ2v) is 6.08. The van der Waals surface area contributed by atoms with Crippen molar-refractivity contribution < 1.29 is 4.79 Å². The van der Waals surface area contributed by atoms with Crippen LogP contribution in [0.2, 0.25) is 5.02 Å². The number of halogens is 1. The molecule has 0 saturated heterocycles. The lowest BCUT2D eigenvalue weighted by Gasteiger charge is -2.01. The van der Waals surface area contributed by atoms with Crippen molar-refractivity contribution in [1.29, 1.82) is 0 Å². The number of carbonyl (C=O) groups excluding carboxylic acids is 1. The molecule has 0 fully saturated rings. The van der Waals surface area contributed by atoms with E-state index in [0.29, 0.717) is 15.6 Å². The third-order valence-corrected chi connectivity index (χ3v) is 4.53. The predicted molar refractivity (Wildman–Crippen MR) is 76.4 cm³/mol. The second-order valence-electron chi connectivity index (χ2n) is 3.70. The van der Waals surface area contributed by atoms with Crippen LogP contribution in [0.3, 0.4) is 0 Å². The quantitative estimate of drug-likeness (QED) is 0.879. The average molecular weight is 299 g/mol. The minimum Gasteiger partial charge on any atom is -0.365 e. The van der Waals surface area contributed by atoms with E-state index in [2.05, 4.69) is 4.37 Å². The van der Waals surface area contributed by atoms with E-state index in [9.17, 15) is 4.79 Å². The third-order valence-electron chi connectivity index (χ3n) is 2.37. The molecule has 18 heavy (non-hydrogen) atoms. The normalized spacial score (nSPS) is 10.6. The highest BCUT2D eigenvalue weighted by atomic mass is 35.5. The first-order chi connectivity index (χ1) is 8.58. The number of hydrogen-bond donors (Lipinski definition) is 1. The molecule has 94 valence electrons. The lowest BCUT2D eigenvalue weighted by atomic mass is 10.2. The lowest BCUT2D eigenvalue weighted by Crippen LogP contribution is -2.12. The first-order valence-corrected chi connectivity index (χ1v) is 7.35. The van der Waals surface area contributed by atoms with Crippen LogP contribution in [0, 0.1) is 6.92 Å². The van der Waals surface area contributed by atoms with Crippen LogP contribution < -0.4 is 5.73 Å². The van der Waals surface area contributed by atoms with Crippen LogP contribution >= 0.6 is 34.9 Å². The van der Waals surface area contributed by atoms with Gasteiger partial charge >= 0.3 is 0 Å². The van der Waals surface area contributed by atoms with E-state index in [1.165, 1.54) is 23.3 Å². The number of nitrogens with zero attached hydrogens (tertiary/aromatic N) is 1. The minimum atomic E-state index is -0.417. The van der Waals surface area contributed by atoms with E-state index in [4.69, 9.17) is 17.3 Å². The summed E-state index contributed by atoms with van der Waals surface area (Å²) in [5.74, 6) is 0.320. The Morgan fingerprint density at radius 1 is 1.44 bits per heavy atom. The summed E-state index contributed by atoms with van der Waals surface area (Å²) in [7, 11) is 0. The number of rotatable bonds is 4. The van der Waals surface area contributed by atoms with Crippen LogP contribution in [0.1, 0.15) is 20.8 Å². The summed E-state index contributed by atoms with van der Waals surface area (Å²) in [6.07, 6.45) is 0. The molecule has 0 unspecified atom stereocenters. The maximum absolute atomic E-state index is 11.3. The molecule has 0 aliphatic carbocycles. The van der Waals surface area contributed by atoms with Crippen LogP contribution in [0.4, 0.5) is 0 Å². The van der Waals surface area contributed by atoms with Gasteiger partial charge in [0.2, 0.25) is 0 Å². The van der Waals surface area contributed by atoms with Gasteiger partial charge in [0.25, 0.3) is 5.91 Å². The molecular weight excluding hydrogens is 288 g/mol. The van der Waals surface area contributed by atoms with Gasteiger partial charge in [0.1, 0.15) is 5.03 Å². The molecule has 1 amide bonds. The Morgan fingerprint density at radius 2 is 2.11 bits per heavy atom. The second kappa shape index (κ2) is 5.73. The molecule has 1 aromatic carbocycles. The Morgan fingerprint density at radius 3 is 2.72 bits per heavy atom. The van der Waals surface area contributed by atoms with Crippen molar-refractivity contribution in [2.24, 2.45) is 5.73 Å². The molecule has 3 nitrogen and oxygen atoms in total. The number of benzene rings is 1. The summed E-state index contributed by atoms with van der Waals surface area (Å²) < 4.78 is 4.25. The Balaban J connectivity index is 2.11. The topological polar surface area (TPSA) is 56.0 Å². The summed E-state index contributed by atoms with van der Waals surface area (Å²) in [5, 5.41) is 1.42. The first kappa shape index (κ1) is 13.4. The molecule has 0 bridgehead atoms. The van der Waals surface area contributed by atoms with Crippen molar-refractivity contribution in [1.82, 2.24) is 4.37 Å².